The highest BCUT2D eigenvalue weighted by Gasteiger charge is 2.20. The minimum absolute atomic E-state index is 0.0987. The third-order valence-corrected chi connectivity index (χ3v) is 3.54. The molecule has 0 saturated heterocycles. The van der Waals surface area contributed by atoms with Gasteiger partial charge in [-0.2, -0.15) is 0 Å². The molecule has 1 heterocycles. The van der Waals surface area contributed by atoms with Gasteiger partial charge in [0.15, 0.2) is 0 Å². The molecule has 0 atom stereocenters. The van der Waals surface area contributed by atoms with E-state index in [0.717, 1.165) is 28.8 Å². The van der Waals surface area contributed by atoms with Crippen LogP contribution in [0.15, 0.2) is 16.6 Å². The Labute approximate surface area is 104 Å². The summed E-state index contributed by atoms with van der Waals surface area (Å²) in [5, 5.41) is 0. The Hall–Kier alpha value is -0.830. The fourth-order valence-electron chi connectivity index (χ4n) is 1.88. The van der Waals surface area contributed by atoms with Gasteiger partial charge in [0.2, 0.25) is 0 Å². The van der Waals surface area contributed by atoms with Crippen LogP contribution in [-0.2, 0) is 17.6 Å². The highest BCUT2D eigenvalue weighted by Crippen LogP contribution is 2.36. The number of halogens is 1. The normalized spacial score (nSPS) is 13.8. The third-order valence-electron chi connectivity index (χ3n) is 2.92. The summed E-state index contributed by atoms with van der Waals surface area (Å²) in [6.07, 6.45) is 1.44. The van der Waals surface area contributed by atoms with Crippen molar-refractivity contribution < 1.29 is 9.53 Å². The molecule has 0 radical (unpaired) electrons. The van der Waals surface area contributed by atoms with Crippen LogP contribution >= 0.6 is 15.9 Å². The first-order chi connectivity index (χ1) is 7.59. The summed E-state index contributed by atoms with van der Waals surface area (Å²) in [7, 11) is 0. The zero-order chi connectivity index (χ0) is 11.7. The molecule has 1 aromatic carbocycles. The topological polar surface area (TPSA) is 26.3 Å². The maximum absolute atomic E-state index is 11.7. The first-order valence-electron chi connectivity index (χ1n) is 5.55. The molecular weight excluding hydrogens is 268 g/mol. The molecule has 0 amide bonds. The lowest BCUT2D eigenvalue weighted by Gasteiger charge is -2.09. The average Bonchev–Trinajstić information content (AvgIpc) is 2.71. The summed E-state index contributed by atoms with van der Waals surface area (Å²) in [5.41, 5.74) is 2.32. The number of carbonyl (C=O) groups is 1. The lowest BCUT2D eigenvalue weighted by Crippen LogP contribution is -2.11. The largest absolute Gasteiger partial charge is 0.492 e. The van der Waals surface area contributed by atoms with Gasteiger partial charge in [0.25, 0.3) is 0 Å². The Morgan fingerprint density at radius 3 is 2.94 bits per heavy atom. The van der Waals surface area contributed by atoms with Crippen molar-refractivity contribution in [2.24, 2.45) is 5.92 Å². The number of rotatable bonds is 3. The first-order valence-corrected chi connectivity index (χ1v) is 6.34. The van der Waals surface area contributed by atoms with Crippen LogP contribution in [0.3, 0.4) is 0 Å². The smallest absolute Gasteiger partial charge is 0.139 e. The van der Waals surface area contributed by atoms with Crippen LogP contribution in [0.2, 0.25) is 0 Å². The predicted octanol–water partition coefficient (Wildman–Crippen LogP) is 3.15. The number of Topliss-reactive ketones (excluding diaryl/α,β-unsaturated/α-hetero) is 1. The van der Waals surface area contributed by atoms with E-state index in [0.29, 0.717) is 6.42 Å². The van der Waals surface area contributed by atoms with Gasteiger partial charge < -0.3 is 4.74 Å². The molecule has 0 aliphatic carbocycles. The number of ether oxygens (including phenoxy) is 1. The minimum atomic E-state index is 0.0987. The van der Waals surface area contributed by atoms with Crippen molar-refractivity contribution in [3.8, 4) is 5.75 Å². The second kappa shape index (κ2) is 4.58. The van der Waals surface area contributed by atoms with Crippen molar-refractivity contribution in [1.29, 1.82) is 0 Å². The van der Waals surface area contributed by atoms with E-state index < -0.39 is 0 Å². The number of hydrogen-bond acceptors (Lipinski definition) is 2. The van der Waals surface area contributed by atoms with Crippen LogP contribution < -0.4 is 4.74 Å². The monoisotopic (exact) mass is 282 g/mol. The molecule has 2 rings (SSSR count). The van der Waals surface area contributed by atoms with Gasteiger partial charge in [0.1, 0.15) is 11.5 Å². The number of fused-ring (bicyclic) bond motifs is 1. The third kappa shape index (κ3) is 2.14. The lowest BCUT2D eigenvalue weighted by atomic mass is 9.96. The summed E-state index contributed by atoms with van der Waals surface area (Å²) in [5.74, 6) is 1.31. The molecule has 0 spiro atoms. The quantitative estimate of drug-likeness (QED) is 0.851. The van der Waals surface area contributed by atoms with Gasteiger partial charge in [0.05, 0.1) is 11.1 Å². The Morgan fingerprint density at radius 1 is 1.50 bits per heavy atom. The van der Waals surface area contributed by atoms with Gasteiger partial charge in [-0.1, -0.05) is 19.9 Å². The highest BCUT2D eigenvalue weighted by molar-refractivity contribution is 9.10. The second-order valence-corrected chi connectivity index (χ2v) is 5.26. The molecule has 0 bridgehead atoms. The maximum atomic E-state index is 11.7. The molecular formula is C13H15BrO2. The van der Waals surface area contributed by atoms with Gasteiger partial charge in [-0.3, -0.25) is 4.79 Å². The molecule has 1 aliphatic rings. The first kappa shape index (κ1) is 11.6. The lowest BCUT2D eigenvalue weighted by molar-refractivity contribution is -0.121. The van der Waals surface area contributed by atoms with Gasteiger partial charge in [-0.15, -0.1) is 0 Å². The van der Waals surface area contributed by atoms with Crippen LogP contribution in [0.5, 0.6) is 5.75 Å². The van der Waals surface area contributed by atoms with Crippen LogP contribution in [0.25, 0.3) is 0 Å². The highest BCUT2D eigenvalue weighted by atomic mass is 79.9. The molecule has 3 heteroatoms. The SMILES string of the molecule is CC(C)C(=O)Cc1ccc(Br)c2c1CCO2. The summed E-state index contributed by atoms with van der Waals surface area (Å²) < 4.78 is 6.54. The van der Waals surface area contributed by atoms with E-state index in [9.17, 15) is 4.79 Å². The minimum Gasteiger partial charge on any atom is -0.492 e. The average molecular weight is 283 g/mol. The molecule has 0 aromatic heterocycles. The predicted molar refractivity (Wildman–Crippen MR) is 66.9 cm³/mol. The van der Waals surface area contributed by atoms with Crippen LogP contribution in [0.4, 0.5) is 0 Å². The number of carbonyl (C=O) groups excluding carboxylic acids is 1. The van der Waals surface area contributed by atoms with E-state index in [4.69, 9.17) is 4.74 Å². The summed E-state index contributed by atoms with van der Waals surface area (Å²) in [4.78, 5) is 11.7. The zero-order valence-electron chi connectivity index (χ0n) is 9.55. The molecule has 16 heavy (non-hydrogen) atoms. The van der Waals surface area contributed by atoms with Crippen LogP contribution in [0, 0.1) is 5.92 Å². The van der Waals surface area contributed by atoms with Crippen molar-refractivity contribution in [2.75, 3.05) is 6.61 Å². The zero-order valence-corrected chi connectivity index (χ0v) is 11.1. The summed E-state index contributed by atoms with van der Waals surface area (Å²) in [6, 6.07) is 3.99. The fourth-order valence-corrected chi connectivity index (χ4v) is 2.37. The van der Waals surface area contributed by atoms with Crippen LogP contribution in [-0.4, -0.2) is 12.4 Å². The molecule has 2 nitrogen and oxygen atoms in total. The summed E-state index contributed by atoms with van der Waals surface area (Å²) >= 11 is 3.47. The van der Waals surface area contributed by atoms with Crippen molar-refractivity contribution in [1.82, 2.24) is 0 Å². The van der Waals surface area contributed by atoms with E-state index in [1.54, 1.807) is 0 Å². The Morgan fingerprint density at radius 2 is 2.25 bits per heavy atom. The van der Waals surface area contributed by atoms with Crippen molar-refractivity contribution >= 4 is 21.7 Å². The van der Waals surface area contributed by atoms with Gasteiger partial charge in [-0.25, -0.2) is 0 Å². The van der Waals surface area contributed by atoms with Crippen molar-refractivity contribution in [3.63, 3.8) is 0 Å². The Bertz CT molecular complexity index is 424. The number of benzene rings is 1. The Kier molecular flexibility index (Phi) is 3.33. The molecule has 0 unspecified atom stereocenters. The van der Waals surface area contributed by atoms with E-state index in [-0.39, 0.29) is 11.7 Å². The molecule has 1 aromatic rings. The maximum Gasteiger partial charge on any atom is 0.139 e. The number of ketones is 1. The molecule has 0 fully saturated rings. The van der Waals surface area contributed by atoms with E-state index in [1.807, 2.05) is 26.0 Å². The molecule has 1 aliphatic heterocycles. The van der Waals surface area contributed by atoms with Gasteiger partial charge >= 0.3 is 0 Å². The van der Waals surface area contributed by atoms with Crippen molar-refractivity contribution in [2.45, 2.75) is 26.7 Å². The fraction of sp³-hybridized carbons (Fsp3) is 0.462. The van der Waals surface area contributed by atoms with E-state index in [1.165, 1.54) is 5.56 Å². The number of hydrogen-bond donors (Lipinski definition) is 0. The second-order valence-electron chi connectivity index (χ2n) is 4.41. The van der Waals surface area contributed by atoms with Crippen molar-refractivity contribution in [3.05, 3.63) is 27.7 Å². The van der Waals surface area contributed by atoms with Gasteiger partial charge in [0, 0.05) is 24.3 Å². The molecule has 0 saturated carbocycles. The van der Waals surface area contributed by atoms with E-state index in [2.05, 4.69) is 15.9 Å². The molecule has 0 N–H and O–H groups in total. The van der Waals surface area contributed by atoms with Gasteiger partial charge in [-0.05, 0) is 27.6 Å². The summed E-state index contributed by atoms with van der Waals surface area (Å²) in [6.45, 7) is 4.61. The Balaban J connectivity index is 2.29. The van der Waals surface area contributed by atoms with Crippen LogP contribution in [0.1, 0.15) is 25.0 Å². The standard InChI is InChI=1S/C13H15BrO2/c1-8(2)12(15)7-9-3-4-11(14)13-10(9)5-6-16-13/h3-4,8H,5-7H2,1-2H3. The molecule has 86 valence electrons. The van der Waals surface area contributed by atoms with E-state index >= 15 is 0 Å².